The van der Waals surface area contributed by atoms with Gasteiger partial charge >= 0.3 is 5.97 Å². The molecule has 3 N–H and O–H groups in total. The molecule has 0 spiro atoms. The lowest BCUT2D eigenvalue weighted by atomic mass is 9.91. The number of benzene rings is 4. The van der Waals surface area contributed by atoms with Gasteiger partial charge in [-0.3, -0.25) is 4.79 Å². The Balaban J connectivity index is 1.22. The number of carbonyl (C=O) groups is 2. The molecule has 4 unspecified atom stereocenters. The zero-order valence-electron chi connectivity index (χ0n) is 26.4. The first-order chi connectivity index (χ1) is 23.4. The van der Waals surface area contributed by atoms with Crippen molar-refractivity contribution in [1.29, 1.82) is 0 Å². The van der Waals surface area contributed by atoms with E-state index in [2.05, 4.69) is 17.2 Å². The van der Waals surface area contributed by atoms with Gasteiger partial charge in [0.05, 0.1) is 24.4 Å². The maximum absolute atomic E-state index is 12.7. The van der Waals surface area contributed by atoms with Gasteiger partial charge in [-0.25, -0.2) is 9.78 Å². The molecule has 1 aliphatic rings. The van der Waals surface area contributed by atoms with Gasteiger partial charge < -0.3 is 25.0 Å². The molecule has 0 radical (unpaired) electrons. The summed E-state index contributed by atoms with van der Waals surface area (Å²) in [4.78, 5) is 28.8. The Morgan fingerprint density at radius 1 is 0.833 bits per heavy atom. The summed E-state index contributed by atoms with van der Waals surface area (Å²) in [5.41, 5.74) is 6.39. The van der Waals surface area contributed by atoms with E-state index in [9.17, 15) is 19.8 Å². The fraction of sp³-hybridized carbons (Fsp3) is 0.205. The summed E-state index contributed by atoms with van der Waals surface area (Å²) in [5, 5.41) is 22.7. The highest BCUT2D eigenvalue weighted by molar-refractivity contribution is 7.99. The number of carboxylic acids is 1. The number of ether oxygens (including phenoxy) is 2. The Morgan fingerprint density at radius 2 is 1.54 bits per heavy atom. The number of pyridine rings is 1. The zero-order chi connectivity index (χ0) is 33.5. The van der Waals surface area contributed by atoms with Crippen LogP contribution in [0.2, 0.25) is 0 Å². The Kier molecular flexibility index (Phi) is 10.6. The standard InChI is InChI=1S/C39H36N2O6S/c1-25-34(24-48-37-33(38(44)45)12-7-21-40-37)46-39(47-35(25)28-15-13-26(23-42)14-16-28)30-19-17-27(18-20-30)32-11-6-5-10-31(32)22-41-36(43)29-8-3-2-4-9-29/h2-21,25,34-35,39,42H,22-24H2,1H3,(H,41,43)(H,44,45). The number of aromatic carboxylic acids is 1. The second-order valence-electron chi connectivity index (χ2n) is 11.6. The van der Waals surface area contributed by atoms with E-state index in [4.69, 9.17) is 9.47 Å². The van der Waals surface area contributed by atoms with E-state index in [1.54, 1.807) is 30.5 Å². The van der Waals surface area contributed by atoms with Gasteiger partial charge in [0.1, 0.15) is 5.03 Å². The van der Waals surface area contributed by atoms with Crippen LogP contribution in [0.15, 0.2) is 126 Å². The van der Waals surface area contributed by atoms with Crippen LogP contribution >= 0.6 is 11.8 Å². The Morgan fingerprint density at radius 3 is 2.27 bits per heavy atom. The molecule has 0 aliphatic carbocycles. The largest absolute Gasteiger partial charge is 0.478 e. The van der Waals surface area contributed by atoms with Crippen LogP contribution in [-0.4, -0.2) is 38.9 Å². The number of aliphatic hydroxyl groups is 1. The predicted molar refractivity (Wildman–Crippen MR) is 184 cm³/mol. The third kappa shape index (κ3) is 7.67. The smallest absolute Gasteiger partial charge is 0.338 e. The number of carboxylic acid groups (broad SMARTS) is 1. The molecular formula is C39H36N2O6S. The molecule has 244 valence electrons. The van der Waals surface area contributed by atoms with Crippen molar-refractivity contribution in [1.82, 2.24) is 10.3 Å². The molecular weight excluding hydrogens is 625 g/mol. The lowest BCUT2D eigenvalue weighted by Crippen LogP contribution is -2.38. The number of amides is 1. The Bertz CT molecular complexity index is 1850. The number of thioether (sulfide) groups is 1. The van der Waals surface area contributed by atoms with Gasteiger partial charge in [0.25, 0.3) is 5.91 Å². The first kappa shape index (κ1) is 33.1. The molecule has 1 aromatic heterocycles. The molecule has 48 heavy (non-hydrogen) atoms. The summed E-state index contributed by atoms with van der Waals surface area (Å²) < 4.78 is 13.2. The van der Waals surface area contributed by atoms with Gasteiger partial charge in [-0.15, -0.1) is 11.8 Å². The molecule has 0 bridgehead atoms. The molecule has 4 aromatic carbocycles. The summed E-state index contributed by atoms with van der Waals surface area (Å²) >= 11 is 1.36. The first-order valence-electron chi connectivity index (χ1n) is 15.7. The Labute approximate surface area is 283 Å². The quantitative estimate of drug-likeness (QED) is 0.125. The van der Waals surface area contributed by atoms with Crippen LogP contribution < -0.4 is 5.32 Å². The summed E-state index contributed by atoms with van der Waals surface area (Å²) in [6.07, 6.45) is 0.326. The lowest BCUT2D eigenvalue weighted by Gasteiger charge is -2.41. The number of carbonyl (C=O) groups excluding carboxylic acids is 1. The molecule has 4 atom stereocenters. The number of hydrogen-bond acceptors (Lipinski definition) is 7. The van der Waals surface area contributed by atoms with E-state index in [1.165, 1.54) is 11.8 Å². The number of aliphatic hydroxyl groups excluding tert-OH is 1. The minimum Gasteiger partial charge on any atom is -0.478 e. The molecule has 6 rings (SSSR count). The molecule has 9 heteroatoms. The Hall–Kier alpha value is -4.80. The minimum absolute atomic E-state index is 0.0444. The SMILES string of the molecule is CC1C(CSc2ncccc2C(=O)O)OC(c2ccc(-c3ccccc3CNC(=O)c3ccccc3)cc2)OC1c1ccc(CO)cc1. The number of nitrogens with one attached hydrogen (secondary N) is 1. The predicted octanol–water partition coefficient (Wildman–Crippen LogP) is 7.45. The second-order valence-corrected chi connectivity index (χ2v) is 12.6. The molecule has 1 aliphatic heterocycles. The van der Waals surface area contributed by atoms with E-state index in [-0.39, 0.29) is 36.2 Å². The minimum atomic E-state index is -1.02. The zero-order valence-corrected chi connectivity index (χ0v) is 27.2. The molecule has 8 nitrogen and oxygen atoms in total. The van der Waals surface area contributed by atoms with Crippen LogP contribution in [0.4, 0.5) is 0 Å². The summed E-state index contributed by atoms with van der Waals surface area (Å²) in [6.45, 7) is 2.41. The average Bonchev–Trinajstić information content (AvgIpc) is 3.14. The maximum Gasteiger partial charge on any atom is 0.338 e. The van der Waals surface area contributed by atoms with Crippen LogP contribution in [0.25, 0.3) is 11.1 Å². The van der Waals surface area contributed by atoms with Crippen molar-refractivity contribution in [2.75, 3.05) is 5.75 Å². The van der Waals surface area contributed by atoms with Crippen LogP contribution in [0, 0.1) is 5.92 Å². The van der Waals surface area contributed by atoms with Crippen molar-refractivity contribution in [2.45, 2.75) is 43.6 Å². The van der Waals surface area contributed by atoms with Crippen LogP contribution in [0.3, 0.4) is 0 Å². The fourth-order valence-electron chi connectivity index (χ4n) is 5.78. The highest BCUT2D eigenvalue weighted by atomic mass is 32.2. The number of hydrogen-bond donors (Lipinski definition) is 3. The van der Waals surface area contributed by atoms with E-state index < -0.39 is 12.3 Å². The maximum atomic E-state index is 12.7. The monoisotopic (exact) mass is 660 g/mol. The van der Waals surface area contributed by atoms with Gasteiger partial charge in [-0.05, 0) is 52.1 Å². The van der Waals surface area contributed by atoms with E-state index >= 15 is 0 Å². The van der Waals surface area contributed by atoms with Crippen molar-refractivity contribution in [3.63, 3.8) is 0 Å². The third-order valence-electron chi connectivity index (χ3n) is 8.50. The molecule has 1 saturated heterocycles. The van der Waals surface area contributed by atoms with E-state index in [0.717, 1.165) is 33.4 Å². The van der Waals surface area contributed by atoms with Gasteiger partial charge in [-0.1, -0.05) is 97.9 Å². The molecule has 2 heterocycles. The van der Waals surface area contributed by atoms with Gasteiger partial charge in [0.2, 0.25) is 0 Å². The average molecular weight is 661 g/mol. The normalized spacial score (nSPS) is 19.0. The topological polar surface area (TPSA) is 118 Å². The third-order valence-corrected chi connectivity index (χ3v) is 9.59. The van der Waals surface area contributed by atoms with E-state index in [0.29, 0.717) is 22.9 Å². The molecule has 5 aromatic rings. The highest BCUT2D eigenvalue weighted by Gasteiger charge is 2.38. The van der Waals surface area contributed by atoms with Crippen molar-refractivity contribution < 1.29 is 29.3 Å². The van der Waals surface area contributed by atoms with Crippen molar-refractivity contribution >= 4 is 23.6 Å². The van der Waals surface area contributed by atoms with Crippen molar-refractivity contribution in [3.8, 4) is 11.1 Å². The number of nitrogens with zero attached hydrogens (tertiary/aromatic N) is 1. The second kappa shape index (κ2) is 15.4. The molecule has 1 amide bonds. The first-order valence-corrected chi connectivity index (χ1v) is 16.7. The van der Waals surface area contributed by atoms with Gasteiger partial charge in [0.15, 0.2) is 6.29 Å². The highest BCUT2D eigenvalue weighted by Crippen LogP contribution is 2.43. The number of rotatable bonds is 11. The summed E-state index contributed by atoms with van der Waals surface area (Å²) in [6, 6.07) is 36.1. The van der Waals surface area contributed by atoms with Gasteiger partial charge in [-0.2, -0.15) is 0 Å². The van der Waals surface area contributed by atoms with Crippen molar-refractivity contribution in [2.24, 2.45) is 5.92 Å². The van der Waals surface area contributed by atoms with Crippen molar-refractivity contribution in [3.05, 3.63) is 155 Å². The summed E-state index contributed by atoms with van der Waals surface area (Å²) in [5.74, 6) is -0.740. The molecule has 0 saturated carbocycles. The van der Waals surface area contributed by atoms with E-state index in [1.807, 2.05) is 91.0 Å². The lowest BCUT2D eigenvalue weighted by molar-refractivity contribution is -0.268. The molecule has 1 fully saturated rings. The van der Waals surface area contributed by atoms with Crippen LogP contribution in [-0.2, 0) is 22.6 Å². The number of aromatic nitrogens is 1. The van der Waals surface area contributed by atoms with Crippen LogP contribution in [0.1, 0.15) is 62.3 Å². The fourth-order valence-corrected chi connectivity index (χ4v) is 6.93. The van der Waals surface area contributed by atoms with Crippen LogP contribution in [0.5, 0.6) is 0 Å². The summed E-state index contributed by atoms with van der Waals surface area (Å²) in [7, 11) is 0. The van der Waals surface area contributed by atoms with Gasteiger partial charge in [0, 0.05) is 35.5 Å².